The number of likely N-dealkylation sites (N-methyl/N-ethyl adjacent to an activating group) is 1. The summed E-state index contributed by atoms with van der Waals surface area (Å²) in [6, 6.07) is 0.849. The van der Waals surface area contributed by atoms with Gasteiger partial charge in [-0.25, -0.2) is 0 Å². The molecule has 0 aromatic rings. The number of nitrogens with zero attached hydrogens (tertiary/aromatic N) is 1. The highest BCUT2D eigenvalue weighted by atomic mass is 15.1. The van der Waals surface area contributed by atoms with Crippen LogP contribution in [0.4, 0.5) is 0 Å². The molecule has 0 aromatic heterocycles. The minimum atomic E-state index is 0.849. The van der Waals surface area contributed by atoms with Gasteiger partial charge >= 0.3 is 0 Å². The third-order valence-corrected chi connectivity index (χ3v) is 5.08. The largest absolute Gasteiger partial charge is 0.315 e. The molecule has 1 N–H and O–H groups in total. The van der Waals surface area contributed by atoms with Crippen molar-refractivity contribution >= 4 is 0 Å². The van der Waals surface area contributed by atoms with Gasteiger partial charge in [0.25, 0.3) is 0 Å². The summed E-state index contributed by atoms with van der Waals surface area (Å²) < 4.78 is 0. The van der Waals surface area contributed by atoms with Gasteiger partial charge in [0, 0.05) is 19.1 Å². The maximum atomic E-state index is 3.67. The van der Waals surface area contributed by atoms with Crippen molar-refractivity contribution in [3.8, 4) is 0 Å². The first-order valence-corrected chi connectivity index (χ1v) is 8.16. The third-order valence-electron chi connectivity index (χ3n) is 5.08. The van der Waals surface area contributed by atoms with Gasteiger partial charge in [-0.3, -0.25) is 0 Å². The number of hydrogen-bond acceptors (Lipinski definition) is 2. The van der Waals surface area contributed by atoms with E-state index in [1.807, 2.05) is 0 Å². The monoisotopic (exact) mass is 252 g/mol. The second kappa shape index (κ2) is 7.49. The van der Waals surface area contributed by atoms with E-state index in [0.717, 1.165) is 17.9 Å². The van der Waals surface area contributed by atoms with E-state index in [1.165, 1.54) is 71.0 Å². The lowest BCUT2D eigenvalue weighted by molar-refractivity contribution is 0.164. The molecule has 0 heterocycles. The van der Waals surface area contributed by atoms with Crippen molar-refractivity contribution in [3.05, 3.63) is 0 Å². The molecule has 0 saturated heterocycles. The van der Waals surface area contributed by atoms with Crippen LogP contribution in [0.3, 0.4) is 0 Å². The van der Waals surface area contributed by atoms with E-state index in [4.69, 9.17) is 0 Å². The maximum Gasteiger partial charge on any atom is 0.0107 e. The Bertz CT molecular complexity index is 223. The molecule has 0 spiro atoms. The Balaban J connectivity index is 1.54. The van der Waals surface area contributed by atoms with Crippen LogP contribution in [0.2, 0.25) is 0 Å². The van der Waals surface area contributed by atoms with Gasteiger partial charge in [0.05, 0.1) is 0 Å². The fraction of sp³-hybridized carbons (Fsp3) is 1.00. The first kappa shape index (κ1) is 14.3. The molecular formula is C16H32N2. The highest BCUT2D eigenvalue weighted by Gasteiger charge is 2.22. The van der Waals surface area contributed by atoms with Gasteiger partial charge in [-0.15, -0.1) is 0 Å². The molecule has 2 rings (SSSR count). The van der Waals surface area contributed by atoms with Gasteiger partial charge in [0.2, 0.25) is 0 Å². The van der Waals surface area contributed by atoms with Crippen molar-refractivity contribution in [2.45, 2.75) is 64.3 Å². The second-order valence-electron chi connectivity index (χ2n) is 6.76. The van der Waals surface area contributed by atoms with Crippen LogP contribution >= 0.6 is 0 Å². The molecule has 0 amide bonds. The van der Waals surface area contributed by atoms with Crippen LogP contribution in [0, 0.1) is 11.8 Å². The van der Waals surface area contributed by atoms with E-state index in [9.17, 15) is 0 Å². The van der Waals surface area contributed by atoms with Gasteiger partial charge in [-0.2, -0.15) is 0 Å². The predicted octanol–water partition coefficient (Wildman–Crippen LogP) is 3.28. The summed E-state index contributed by atoms with van der Waals surface area (Å²) in [5, 5.41) is 3.67. The predicted molar refractivity (Wildman–Crippen MR) is 78.9 cm³/mol. The Labute approximate surface area is 114 Å². The van der Waals surface area contributed by atoms with Gasteiger partial charge in [-0.05, 0) is 51.1 Å². The van der Waals surface area contributed by atoms with Crippen molar-refractivity contribution in [2.75, 3.05) is 26.7 Å². The molecular weight excluding hydrogens is 220 g/mol. The zero-order chi connectivity index (χ0) is 12.8. The second-order valence-corrected chi connectivity index (χ2v) is 6.76. The Morgan fingerprint density at radius 1 is 1.06 bits per heavy atom. The quantitative estimate of drug-likeness (QED) is 0.730. The van der Waals surface area contributed by atoms with E-state index in [-0.39, 0.29) is 0 Å². The average Bonchev–Trinajstić information content (AvgIpc) is 2.87. The van der Waals surface area contributed by atoms with Crippen molar-refractivity contribution in [1.29, 1.82) is 0 Å². The Morgan fingerprint density at radius 2 is 1.83 bits per heavy atom. The highest BCUT2D eigenvalue weighted by Crippen LogP contribution is 2.26. The molecule has 18 heavy (non-hydrogen) atoms. The zero-order valence-electron chi connectivity index (χ0n) is 12.5. The molecule has 2 heteroatoms. The summed E-state index contributed by atoms with van der Waals surface area (Å²) in [6.45, 7) is 6.08. The van der Waals surface area contributed by atoms with Crippen LogP contribution in [0.15, 0.2) is 0 Å². The summed E-state index contributed by atoms with van der Waals surface area (Å²) in [6.07, 6.45) is 11.6. The molecule has 2 atom stereocenters. The summed E-state index contributed by atoms with van der Waals surface area (Å²) in [5.41, 5.74) is 0. The van der Waals surface area contributed by atoms with Crippen molar-refractivity contribution in [3.63, 3.8) is 0 Å². The van der Waals surface area contributed by atoms with Crippen LogP contribution in [-0.4, -0.2) is 37.6 Å². The Kier molecular flexibility index (Phi) is 5.97. The molecule has 0 bridgehead atoms. The standard InChI is InChI=1S/C16H32N2/c1-14-6-5-9-16(12-14)18(2)11-10-17-13-15-7-3-4-8-15/h14-17H,3-13H2,1-2H3. The van der Waals surface area contributed by atoms with Crippen LogP contribution < -0.4 is 5.32 Å². The molecule has 2 aliphatic rings. The summed E-state index contributed by atoms with van der Waals surface area (Å²) in [4.78, 5) is 2.59. The lowest BCUT2D eigenvalue weighted by Gasteiger charge is -2.34. The first-order chi connectivity index (χ1) is 8.75. The SMILES string of the molecule is CC1CCCC(N(C)CCNCC2CCCC2)C1. The fourth-order valence-electron chi connectivity index (χ4n) is 3.76. The normalized spacial score (nSPS) is 30.2. The molecule has 2 unspecified atom stereocenters. The Morgan fingerprint density at radius 3 is 2.56 bits per heavy atom. The summed E-state index contributed by atoms with van der Waals surface area (Å²) in [7, 11) is 2.32. The van der Waals surface area contributed by atoms with Crippen LogP contribution in [0.1, 0.15) is 58.3 Å². The van der Waals surface area contributed by atoms with Gasteiger partial charge in [-0.1, -0.05) is 32.6 Å². The van der Waals surface area contributed by atoms with Crippen molar-refractivity contribution < 1.29 is 0 Å². The fourth-order valence-corrected chi connectivity index (χ4v) is 3.76. The molecule has 2 nitrogen and oxygen atoms in total. The first-order valence-electron chi connectivity index (χ1n) is 8.16. The molecule has 106 valence electrons. The van der Waals surface area contributed by atoms with Gasteiger partial charge < -0.3 is 10.2 Å². The molecule has 0 aromatic carbocycles. The summed E-state index contributed by atoms with van der Waals surface area (Å²) in [5.74, 6) is 1.92. The lowest BCUT2D eigenvalue weighted by Crippen LogP contribution is -2.40. The van der Waals surface area contributed by atoms with E-state index < -0.39 is 0 Å². The van der Waals surface area contributed by atoms with E-state index in [2.05, 4.69) is 24.2 Å². The molecule has 2 saturated carbocycles. The van der Waals surface area contributed by atoms with Crippen molar-refractivity contribution in [2.24, 2.45) is 11.8 Å². The molecule has 2 fully saturated rings. The van der Waals surface area contributed by atoms with E-state index >= 15 is 0 Å². The minimum Gasteiger partial charge on any atom is -0.315 e. The van der Waals surface area contributed by atoms with Crippen molar-refractivity contribution in [1.82, 2.24) is 10.2 Å². The van der Waals surface area contributed by atoms with Crippen LogP contribution in [-0.2, 0) is 0 Å². The van der Waals surface area contributed by atoms with Crippen LogP contribution in [0.25, 0.3) is 0 Å². The lowest BCUT2D eigenvalue weighted by atomic mass is 9.86. The van der Waals surface area contributed by atoms with Gasteiger partial charge in [0.1, 0.15) is 0 Å². The number of nitrogens with one attached hydrogen (secondary N) is 1. The topological polar surface area (TPSA) is 15.3 Å². The average molecular weight is 252 g/mol. The molecule has 2 aliphatic carbocycles. The highest BCUT2D eigenvalue weighted by molar-refractivity contribution is 4.77. The summed E-state index contributed by atoms with van der Waals surface area (Å²) >= 11 is 0. The van der Waals surface area contributed by atoms with Gasteiger partial charge in [0.15, 0.2) is 0 Å². The molecule has 0 radical (unpaired) electrons. The minimum absolute atomic E-state index is 0.849. The maximum absolute atomic E-state index is 3.67. The third kappa shape index (κ3) is 4.55. The van der Waals surface area contributed by atoms with E-state index in [1.54, 1.807) is 0 Å². The number of rotatable bonds is 6. The smallest absolute Gasteiger partial charge is 0.0107 e. The van der Waals surface area contributed by atoms with Crippen LogP contribution in [0.5, 0.6) is 0 Å². The number of hydrogen-bond donors (Lipinski definition) is 1. The Hall–Kier alpha value is -0.0800. The van der Waals surface area contributed by atoms with E-state index in [0.29, 0.717) is 0 Å². The molecule has 0 aliphatic heterocycles. The zero-order valence-corrected chi connectivity index (χ0v) is 12.5.